The van der Waals surface area contributed by atoms with Gasteiger partial charge in [0, 0.05) is 31.7 Å². The Hall–Kier alpha value is -3.14. The van der Waals surface area contributed by atoms with Crippen molar-refractivity contribution in [3.63, 3.8) is 0 Å². The number of hydrogen-bond donors (Lipinski definition) is 1. The Morgan fingerprint density at radius 3 is 2.56 bits per heavy atom. The smallest absolute Gasteiger partial charge is 0.314 e. The number of rotatable bonds is 4. The number of carboxylic acids is 1. The molecule has 3 rings (SSSR count). The van der Waals surface area contributed by atoms with Crippen LogP contribution in [0, 0.1) is 22.7 Å². The summed E-state index contributed by atoms with van der Waals surface area (Å²) in [5.74, 6) is -2.39. The van der Waals surface area contributed by atoms with Crippen LogP contribution in [-0.4, -0.2) is 58.9 Å². The summed E-state index contributed by atoms with van der Waals surface area (Å²) >= 11 is 0. The minimum absolute atomic E-state index is 0.00871. The number of amides is 2. The van der Waals surface area contributed by atoms with Gasteiger partial charge in [-0.25, -0.2) is 0 Å². The van der Waals surface area contributed by atoms with Crippen LogP contribution in [0.15, 0.2) is 36.9 Å². The van der Waals surface area contributed by atoms with E-state index in [2.05, 4.69) is 6.58 Å². The van der Waals surface area contributed by atoms with E-state index in [1.807, 2.05) is 6.07 Å². The van der Waals surface area contributed by atoms with Crippen molar-refractivity contribution in [1.29, 1.82) is 5.26 Å². The topological polar surface area (TPSA) is 102 Å². The fourth-order valence-corrected chi connectivity index (χ4v) is 3.64. The fraction of sp³-hybridized carbons (Fsp3) is 0.333. The standard InChI is InChI=1S/C18H17N3O4/c1-2-7-20-10-18(17(24)25)11-21(9-14(18)16(20)23)15(22)13-5-3-12(8-19)4-6-13/h2-6,14H,1,7,9-11H2,(H,24,25)/t14?,18-/m1/s1. The quantitative estimate of drug-likeness (QED) is 0.815. The van der Waals surface area contributed by atoms with Gasteiger partial charge < -0.3 is 14.9 Å². The van der Waals surface area contributed by atoms with E-state index in [1.54, 1.807) is 6.08 Å². The van der Waals surface area contributed by atoms with Gasteiger partial charge in [0.05, 0.1) is 17.6 Å². The largest absolute Gasteiger partial charge is 0.481 e. The summed E-state index contributed by atoms with van der Waals surface area (Å²) in [6.07, 6.45) is 1.56. The van der Waals surface area contributed by atoms with Gasteiger partial charge in [0.2, 0.25) is 5.91 Å². The number of aliphatic carboxylic acids is 1. The first-order valence-electron chi connectivity index (χ1n) is 7.85. The molecule has 0 radical (unpaired) electrons. The van der Waals surface area contributed by atoms with Gasteiger partial charge in [0.15, 0.2) is 0 Å². The summed E-state index contributed by atoms with van der Waals surface area (Å²) in [5, 5.41) is 18.6. The number of nitrogens with zero attached hydrogens (tertiary/aromatic N) is 3. The first kappa shape index (κ1) is 16.7. The molecule has 1 N–H and O–H groups in total. The second-order valence-electron chi connectivity index (χ2n) is 6.40. The molecule has 1 aromatic carbocycles. The van der Waals surface area contributed by atoms with Crippen LogP contribution < -0.4 is 0 Å². The average Bonchev–Trinajstić information content (AvgIpc) is 3.11. The molecule has 128 valence electrons. The molecule has 7 heteroatoms. The molecule has 2 fully saturated rings. The number of hydrogen-bond acceptors (Lipinski definition) is 4. The Labute approximate surface area is 144 Å². The van der Waals surface area contributed by atoms with E-state index in [1.165, 1.54) is 34.1 Å². The molecular weight excluding hydrogens is 322 g/mol. The Bertz CT molecular complexity index is 796. The number of benzene rings is 1. The van der Waals surface area contributed by atoms with Crippen molar-refractivity contribution in [3.05, 3.63) is 48.0 Å². The predicted octanol–water partition coefficient (Wildman–Crippen LogP) is 0.729. The third kappa shape index (κ3) is 2.56. The van der Waals surface area contributed by atoms with Crippen LogP contribution in [-0.2, 0) is 9.59 Å². The maximum absolute atomic E-state index is 12.7. The zero-order valence-electron chi connectivity index (χ0n) is 13.5. The second kappa shape index (κ2) is 6.06. The number of carboxylic acid groups (broad SMARTS) is 1. The Morgan fingerprint density at radius 1 is 1.36 bits per heavy atom. The molecule has 2 aliphatic rings. The van der Waals surface area contributed by atoms with Gasteiger partial charge in [0.1, 0.15) is 5.41 Å². The lowest BCUT2D eigenvalue weighted by Crippen LogP contribution is -2.42. The number of nitriles is 1. The van der Waals surface area contributed by atoms with E-state index in [0.717, 1.165) is 0 Å². The van der Waals surface area contributed by atoms with Crippen LogP contribution in [0.5, 0.6) is 0 Å². The van der Waals surface area contributed by atoms with Crippen LogP contribution in [0.25, 0.3) is 0 Å². The highest BCUT2D eigenvalue weighted by molar-refractivity contribution is 5.98. The molecule has 7 nitrogen and oxygen atoms in total. The molecular formula is C18H17N3O4. The van der Waals surface area contributed by atoms with E-state index >= 15 is 0 Å². The maximum atomic E-state index is 12.7. The number of carbonyl (C=O) groups is 3. The lowest BCUT2D eigenvalue weighted by molar-refractivity contribution is -0.149. The number of carbonyl (C=O) groups excluding carboxylic acids is 2. The highest BCUT2D eigenvalue weighted by Gasteiger charge is 2.62. The molecule has 1 unspecified atom stereocenters. The molecule has 25 heavy (non-hydrogen) atoms. The van der Waals surface area contributed by atoms with Crippen molar-refractivity contribution in [3.8, 4) is 6.07 Å². The number of likely N-dealkylation sites (tertiary alicyclic amines) is 2. The molecule has 0 bridgehead atoms. The van der Waals surface area contributed by atoms with Crippen molar-refractivity contribution in [2.45, 2.75) is 0 Å². The highest BCUT2D eigenvalue weighted by Crippen LogP contribution is 2.44. The highest BCUT2D eigenvalue weighted by atomic mass is 16.4. The molecule has 0 saturated carbocycles. The van der Waals surface area contributed by atoms with Gasteiger partial charge in [-0.2, -0.15) is 5.26 Å². The van der Waals surface area contributed by atoms with Gasteiger partial charge in [-0.3, -0.25) is 14.4 Å². The minimum Gasteiger partial charge on any atom is -0.481 e. The van der Waals surface area contributed by atoms with E-state index in [9.17, 15) is 19.5 Å². The van der Waals surface area contributed by atoms with Gasteiger partial charge in [-0.1, -0.05) is 6.08 Å². The van der Waals surface area contributed by atoms with Crippen molar-refractivity contribution < 1.29 is 19.5 Å². The first-order chi connectivity index (χ1) is 11.9. The van der Waals surface area contributed by atoms with Gasteiger partial charge >= 0.3 is 5.97 Å². The third-order valence-electron chi connectivity index (χ3n) is 4.95. The zero-order chi connectivity index (χ0) is 18.2. The van der Waals surface area contributed by atoms with Gasteiger partial charge in [-0.15, -0.1) is 6.58 Å². The molecule has 0 aromatic heterocycles. The van der Waals surface area contributed by atoms with Crippen molar-refractivity contribution in [2.24, 2.45) is 11.3 Å². The van der Waals surface area contributed by atoms with Crippen LogP contribution in [0.4, 0.5) is 0 Å². The van der Waals surface area contributed by atoms with E-state index < -0.39 is 17.3 Å². The fourth-order valence-electron chi connectivity index (χ4n) is 3.64. The summed E-state index contributed by atoms with van der Waals surface area (Å²) < 4.78 is 0. The molecule has 0 spiro atoms. The summed E-state index contributed by atoms with van der Waals surface area (Å²) in [6, 6.07) is 8.12. The van der Waals surface area contributed by atoms with Crippen LogP contribution in [0.2, 0.25) is 0 Å². The van der Waals surface area contributed by atoms with Crippen LogP contribution in [0.1, 0.15) is 15.9 Å². The van der Waals surface area contributed by atoms with Crippen molar-refractivity contribution >= 4 is 17.8 Å². The Kier molecular flexibility index (Phi) is 4.05. The number of fused-ring (bicyclic) bond motifs is 1. The molecule has 0 aliphatic carbocycles. The summed E-state index contributed by atoms with van der Waals surface area (Å²) in [4.78, 5) is 40.0. The first-order valence-corrected chi connectivity index (χ1v) is 7.85. The predicted molar refractivity (Wildman–Crippen MR) is 87.4 cm³/mol. The molecule has 2 aliphatic heterocycles. The van der Waals surface area contributed by atoms with Crippen LogP contribution >= 0.6 is 0 Å². The summed E-state index contributed by atoms with van der Waals surface area (Å²) in [5.41, 5.74) is -0.468. The SMILES string of the molecule is C=CCN1C[C@@]2(C(=O)O)CN(C(=O)c3ccc(C#N)cc3)CC2C1=O. The Morgan fingerprint density at radius 2 is 2.04 bits per heavy atom. The lowest BCUT2D eigenvalue weighted by Gasteiger charge is -2.24. The monoisotopic (exact) mass is 339 g/mol. The second-order valence-corrected chi connectivity index (χ2v) is 6.40. The zero-order valence-corrected chi connectivity index (χ0v) is 13.5. The van der Waals surface area contributed by atoms with Crippen LogP contribution in [0.3, 0.4) is 0 Å². The Balaban J connectivity index is 1.85. The van der Waals surface area contributed by atoms with Crippen molar-refractivity contribution in [2.75, 3.05) is 26.2 Å². The minimum atomic E-state index is -1.28. The normalized spacial score (nSPS) is 24.8. The van der Waals surface area contributed by atoms with E-state index in [-0.39, 0.29) is 31.4 Å². The third-order valence-corrected chi connectivity index (χ3v) is 4.95. The molecule has 1 aromatic rings. The van der Waals surface area contributed by atoms with E-state index in [0.29, 0.717) is 17.7 Å². The van der Waals surface area contributed by atoms with Gasteiger partial charge in [0.25, 0.3) is 5.91 Å². The molecule has 2 amide bonds. The molecule has 2 atom stereocenters. The lowest BCUT2D eigenvalue weighted by atomic mass is 9.81. The molecule has 2 heterocycles. The molecule has 2 saturated heterocycles. The summed E-state index contributed by atoms with van der Waals surface area (Å²) in [7, 11) is 0. The van der Waals surface area contributed by atoms with E-state index in [4.69, 9.17) is 5.26 Å². The van der Waals surface area contributed by atoms with Gasteiger partial charge in [-0.05, 0) is 24.3 Å². The van der Waals surface area contributed by atoms with Crippen molar-refractivity contribution in [1.82, 2.24) is 9.80 Å². The maximum Gasteiger partial charge on any atom is 0.314 e. The average molecular weight is 339 g/mol. The summed E-state index contributed by atoms with van der Waals surface area (Å²) in [6.45, 7) is 4.04.